The van der Waals surface area contributed by atoms with Crippen LogP contribution in [0.15, 0.2) is 53.7 Å². The van der Waals surface area contributed by atoms with Gasteiger partial charge < -0.3 is 9.47 Å². The number of hydrogen-bond acceptors (Lipinski definition) is 6. The predicted octanol–water partition coefficient (Wildman–Crippen LogP) is 3.38. The minimum absolute atomic E-state index is 0.118. The number of esters is 1. The summed E-state index contributed by atoms with van der Waals surface area (Å²) >= 11 is 0. The number of rotatable bonds is 9. The average molecular weight is 423 g/mol. The molecule has 9 heteroatoms. The first-order valence-corrected chi connectivity index (χ1v) is 14.0. The number of nitrogens with zero attached hydrogens (tertiary/aromatic N) is 2. The zero-order valence-electron chi connectivity index (χ0n) is 16.6. The van der Waals surface area contributed by atoms with Gasteiger partial charge in [0.15, 0.2) is 5.03 Å². The van der Waals surface area contributed by atoms with Crippen molar-refractivity contribution in [2.45, 2.75) is 30.7 Å². The van der Waals surface area contributed by atoms with E-state index in [1.165, 1.54) is 25.4 Å². The van der Waals surface area contributed by atoms with Gasteiger partial charge in [-0.15, -0.1) is 0 Å². The second-order valence-electron chi connectivity index (χ2n) is 7.38. The second-order valence-corrected chi connectivity index (χ2v) is 14.8. The molecule has 0 amide bonds. The highest BCUT2D eigenvalue weighted by Gasteiger charge is 2.31. The quantitative estimate of drug-likeness (QED) is 0.267. The lowest BCUT2D eigenvalue weighted by Gasteiger charge is -2.25. The number of benzene rings is 1. The molecule has 2 rings (SSSR count). The van der Waals surface area contributed by atoms with E-state index in [1.807, 2.05) is 0 Å². The molecule has 7 nitrogen and oxygen atoms in total. The summed E-state index contributed by atoms with van der Waals surface area (Å²) in [6, 6.07) is 12.4. The lowest BCUT2D eigenvalue weighted by Crippen LogP contribution is -2.35. The summed E-state index contributed by atoms with van der Waals surface area (Å²) in [5.41, 5.74) is 0.310. The third-order valence-electron chi connectivity index (χ3n) is 3.96. The first kappa shape index (κ1) is 22.1. The molecule has 28 heavy (non-hydrogen) atoms. The molecular weight excluding hydrogens is 396 g/mol. The molecule has 0 fully saturated rings. The van der Waals surface area contributed by atoms with Crippen LogP contribution >= 0.6 is 0 Å². The van der Waals surface area contributed by atoms with Crippen molar-refractivity contribution in [1.29, 1.82) is 0 Å². The molecule has 0 saturated heterocycles. The fourth-order valence-corrected chi connectivity index (χ4v) is 4.57. The topological polar surface area (TPSA) is 85.8 Å². The number of anilines is 1. The molecule has 0 unspecified atom stereocenters. The zero-order chi connectivity index (χ0) is 20.8. The third kappa shape index (κ3) is 5.63. The SMILES string of the molecule is COC(=O)c1cccnc1S(=O)(=O)N(COCC[Si](C)(C)C)c1ccccc1. The third-order valence-corrected chi connectivity index (χ3v) is 7.37. The summed E-state index contributed by atoms with van der Waals surface area (Å²) in [5, 5.41) is -0.362. The van der Waals surface area contributed by atoms with Crippen LogP contribution in [0, 0.1) is 0 Å². The van der Waals surface area contributed by atoms with Gasteiger partial charge in [0.1, 0.15) is 6.73 Å². The molecule has 0 atom stereocenters. The van der Waals surface area contributed by atoms with E-state index in [2.05, 4.69) is 24.6 Å². The minimum Gasteiger partial charge on any atom is -0.465 e. The van der Waals surface area contributed by atoms with E-state index in [0.29, 0.717) is 12.3 Å². The molecule has 0 radical (unpaired) electrons. The summed E-state index contributed by atoms with van der Waals surface area (Å²) in [5.74, 6) is -0.765. The largest absolute Gasteiger partial charge is 0.465 e. The Kier molecular flexibility index (Phi) is 7.33. The molecule has 0 bridgehead atoms. The smallest absolute Gasteiger partial charge is 0.340 e. The molecule has 0 aliphatic heterocycles. The van der Waals surface area contributed by atoms with Gasteiger partial charge in [0.2, 0.25) is 0 Å². The van der Waals surface area contributed by atoms with Gasteiger partial charge in [0.25, 0.3) is 10.0 Å². The van der Waals surface area contributed by atoms with Crippen LogP contribution in [0.4, 0.5) is 5.69 Å². The maximum atomic E-state index is 13.3. The lowest BCUT2D eigenvalue weighted by atomic mass is 10.3. The molecule has 1 heterocycles. The monoisotopic (exact) mass is 422 g/mol. The molecule has 1 aromatic carbocycles. The predicted molar refractivity (Wildman–Crippen MR) is 111 cm³/mol. The molecule has 0 saturated carbocycles. The van der Waals surface area contributed by atoms with Crippen molar-refractivity contribution in [2.24, 2.45) is 0 Å². The number of ether oxygens (including phenoxy) is 2. The Labute approximate surface area is 167 Å². The molecular formula is C19H26N2O5SSi. The van der Waals surface area contributed by atoms with Crippen LogP contribution in [0.25, 0.3) is 0 Å². The number of hydrogen-bond donors (Lipinski definition) is 0. The summed E-state index contributed by atoms with van der Waals surface area (Å²) in [7, 11) is -4.27. The van der Waals surface area contributed by atoms with Crippen molar-refractivity contribution in [2.75, 3.05) is 24.8 Å². The van der Waals surface area contributed by atoms with Crippen molar-refractivity contribution in [3.63, 3.8) is 0 Å². The van der Waals surface area contributed by atoms with Crippen LogP contribution in [0.2, 0.25) is 25.7 Å². The number of carbonyl (C=O) groups excluding carboxylic acids is 1. The van der Waals surface area contributed by atoms with E-state index >= 15 is 0 Å². The molecule has 2 aromatic rings. The number of sulfonamides is 1. The number of pyridine rings is 1. The van der Waals surface area contributed by atoms with Gasteiger partial charge in [-0.3, -0.25) is 0 Å². The highest BCUT2D eigenvalue weighted by atomic mass is 32.2. The van der Waals surface area contributed by atoms with Crippen molar-refractivity contribution in [1.82, 2.24) is 4.98 Å². The van der Waals surface area contributed by atoms with E-state index in [4.69, 9.17) is 9.47 Å². The average Bonchev–Trinajstić information content (AvgIpc) is 2.67. The first-order chi connectivity index (χ1) is 13.2. The van der Waals surface area contributed by atoms with Crippen molar-refractivity contribution in [3.8, 4) is 0 Å². The van der Waals surface area contributed by atoms with Gasteiger partial charge in [0.05, 0.1) is 18.4 Å². The highest BCUT2D eigenvalue weighted by Crippen LogP contribution is 2.25. The fourth-order valence-electron chi connectivity index (χ4n) is 2.37. The molecule has 152 valence electrons. The minimum atomic E-state index is -4.15. The van der Waals surface area contributed by atoms with Crippen LogP contribution in [0.1, 0.15) is 10.4 Å². The van der Waals surface area contributed by atoms with Gasteiger partial charge in [-0.2, -0.15) is 8.42 Å². The van der Waals surface area contributed by atoms with E-state index in [9.17, 15) is 13.2 Å². The number of methoxy groups -OCH3 is 1. The zero-order valence-corrected chi connectivity index (χ0v) is 18.4. The normalized spacial score (nSPS) is 11.9. The van der Waals surface area contributed by atoms with Crippen LogP contribution in [-0.2, 0) is 19.5 Å². The Bertz CT molecular complexity index is 898. The Morgan fingerprint density at radius 2 is 1.79 bits per heavy atom. The van der Waals surface area contributed by atoms with E-state index in [0.717, 1.165) is 10.3 Å². The van der Waals surface area contributed by atoms with Crippen LogP contribution < -0.4 is 4.31 Å². The summed E-state index contributed by atoms with van der Waals surface area (Å²) in [6.07, 6.45) is 1.33. The van der Waals surface area contributed by atoms with Gasteiger partial charge in [-0.05, 0) is 30.3 Å². The standard InChI is InChI=1S/C19H26N2O5SSi/c1-25-19(22)17-11-8-12-20-18(17)27(23,24)21(16-9-6-5-7-10-16)15-26-13-14-28(2,3)4/h5-12H,13-15H2,1-4H3. The second kappa shape index (κ2) is 9.31. The van der Waals surface area contributed by atoms with Crippen molar-refractivity contribution < 1.29 is 22.7 Å². The summed E-state index contributed by atoms with van der Waals surface area (Å²) in [4.78, 5) is 16.0. The molecule has 0 spiro atoms. The fraction of sp³-hybridized carbons (Fsp3) is 0.368. The lowest BCUT2D eigenvalue weighted by molar-refractivity contribution is 0.0595. The van der Waals surface area contributed by atoms with Crippen molar-refractivity contribution in [3.05, 3.63) is 54.2 Å². The molecule has 0 aliphatic rings. The number of aromatic nitrogens is 1. The van der Waals surface area contributed by atoms with E-state index in [-0.39, 0.29) is 17.3 Å². The Hall–Kier alpha value is -2.23. The highest BCUT2D eigenvalue weighted by molar-refractivity contribution is 7.92. The number of para-hydroxylation sites is 1. The van der Waals surface area contributed by atoms with Crippen LogP contribution in [0.3, 0.4) is 0 Å². The van der Waals surface area contributed by atoms with Gasteiger partial charge in [0, 0.05) is 20.9 Å². The van der Waals surface area contributed by atoms with Gasteiger partial charge in [-0.1, -0.05) is 37.8 Å². The number of carbonyl (C=O) groups is 1. The van der Waals surface area contributed by atoms with Gasteiger partial charge >= 0.3 is 5.97 Å². The van der Waals surface area contributed by atoms with Crippen LogP contribution in [-0.4, -0.2) is 47.9 Å². The first-order valence-electron chi connectivity index (χ1n) is 8.86. The maximum Gasteiger partial charge on any atom is 0.340 e. The molecule has 0 N–H and O–H groups in total. The van der Waals surface area contributed by atoms with Gasteiger partial charge in [-0.25, -0.2) is 14.1 Å². The Balaban J connectivity index is 2.39. The summed E-state index contributed by atoms with van der Waals surface area (Å²) in [6.45, 7) is 6.95. The van der Waals surface area contributed by atoms with Crippen LogP contribution in [0.5, 0.6) is 0 Å². The summed E-state index contributed by atoms with van der Waals surface area (Å²) < 4.78 is 38.2. The Morgan fingerprint density at radius 3 is 2.39 bits per heavy atom. The molecule has 1 aromatic heterocycles. The Morgan fingerprint density at radius 1 is 1.11 bits per heavy atom. The van der Waals surface area contributed by atoms with Crippen molar-refractivity contribution >= 4 is 29.8 Å². The maximum absolute atomic E-state index is 13.3. The molecule has 0 aliphatic carbocycles. The van der Waals surface area contributed by atoms with E-state index < -0.39 is 24.1 Å². The van der Waals surface area contributed by atoms with E-state index in [1.54, 1.807) is 30.3 Å².